The normalized spacial score (nSPS) is 17.4. The monoisotopic (exact) mass is 356 g/mol. The number of hydrogen-bond acceptors (Lipinski definition) is 4. The van der Waals surface area contributed by atoms with Crippen molar-refractivity contribution in [1.82, 2.24) is 20.6 Å². The molecule has 0 amide bonds. The summed E-state index contributed by atoms with van der Waals surface area (Å²) in [5, 5.41) is 6.70. The van der Waals surface area contributed by atoms with Crippen LogP contribution < -0.4 is 15.5 Å². The van der Waals surface area contributed by atoms with Crippen molar-refractivity contribution < 1.29 is 4.39 Å². The van der Waals surface area contributed by atoms with E-state index in [1.54, 1.807) is 12.3 Å². The first-order chi connectivity index (χ1) is 12.7. The molecule has 6 nitrogen and oxygen atoms in total. The van der Waals surface area contributed by atoms with Gasteiger partial charge in [-0.2, -0.15) is 0 Å². The molecule has 138 valence electrons. The number of anilines is 1. The summed E-state index contributed by atoms with van der Waals surface area (Å²) >= 11 is 0. The first-order valence-electron chi connectivity index (χ1n) is 8.98. The number of hydrogen-bond donors (Lipinski definition) is 2. The highest BCUT2D eigenvalue weighted by molar-refractivity contribution is 5.80. The summed E-state index contributed by atoms with van der Waals surface area (Å²) in [6, 6.07) is 9.19. The molecule has 26 heavy (non-hydrogen) atoms. The molecule has 0 radical (unpaired) electrons. The van der Waals surface area contributed by atoms with Gasteiger partial charge >= 0.3 is 0 Å². The SMILES string of the molecule is CCNC(=NCc1cccc(C)n1)NC1CCN(c2ncccc2F)C1. The number of aliphatic imine (C=N–C) groups is 1. The molecule has 1 aliphatic heterocycles. The Morgan fingerprint density at radius 3 is 3.00 bits per heavy atom. The van der Waals surface area contributed by atoms with Gasteiger partial charge in [0.25, 0.3) is 0 Å². The Hall–Kier alpha value is -2.70. The van der Waals surface area contributed by atoms with Crippen molar-refractivity contribution in [1.29, 1.82) is 0 Å². The molecule has 0 aliphatic carbocycles. The van der Waals surface area contributed by atoms with Crippen LogP contribution in [0.1, 0.15) is 24.7 Å². The largest absolute Gasteiger partial charge is 0.357 e. The maximum atomic E-state index is 13.9. The van der Waals surface area contributed by atoms with Crippen LogP contribution in [-0.4, -0.2) is 41.6 Å². The number of nitrogens with one attached hydrogen (secondary N) is 2. The summed E-state index contributed by atoms with van der Waals surface area (Å²) in [5.41, 5.74) is 1.92. The Morgan fingerprint density at radius 2 is 2.23 bits per heavy atom. The fourth-order valence-corrected chi connectivity index (χ4v) is 3.04. The predicted molar refractivity (Wildman–Crippen MR) is 102 cm³/mol. The topological polar surface area (TPSA) is 65.4 Å². The highest BCUT2D eigenvalue weighted by Gasteiger charge is 2.25. The van der Waals surface area contributed by atoms with E-state index in [1.165, 1.54) is 6.07 Å². The van der Waals surface area contributed by atoms with Crippen LogP contribution in [0.2, 0.25) is 0 Å². The predicted octanol–water partition coefficient (Wildman–Crippen LogP) is 2.26. The van der Waals surface area contributed by atoms with E-state index < -0.39 is 0 Å². The summed E-state index contributed by atoms with van der Waals surface area (Å²) in [5.74, 6) is 0.895. The molecule has 0 aromatic carbocycles. The van der Waals surface area contributed by atoms with Crippen molar-refractivity contribution in [3.05, 3.63) is 53.7 Å². The Balaban J connectivity index is 1.61. The van der Waals surface area contributed by atoms with Crippen LogP contribution >= 0.6 is 0 Å². The molecule has 1 aliphatic rings. The van der Waals surface area contributed by atoms with Crippen LogP contribution in [0.3, 0.4) is 0 Å². The highest BCUT2D eigenvalue weighted by Crippen LogP contribution is 2.20. The first-order valence-corrected chi connectivity index (χ1v) is 8.98. The van der Waals surface area contributed by atoms with Crippen LogP contribution in [0.25, 0.3) is 0 Å². The Labute approximate surface area is 153 Å². The fourth-order valence-electron chi connectivity index (χ4n) is 3.04. The zero-order valence-electron chi connectivity index (χ0n) is 15.2. The highest BCUT2D eigenvalue weighted by atomic mass is 19.1. The molecule has 3 heterocycles. The minimum absolute atomic E-state index is 0.194. The van der Waals surface area contributed by atoms with Crippen LogP contribution in [0, 0.1) is 12.7 Å². The number of aryl methyl sites for hydroxylation is 1. The zero-order chi connectivity index (χ0) is 18.4. The van der Waals surface area contributed by atoms with Gasteiger partial charge in [-0.25, -0.2) is 14.4 Å². The molecule has 2 aromatic rings. The second-order valence-corrected chi connectivity index (χ2v) is 6.35. The lowest BCUT2D eigenvalue weighted by atomic mass is 10.3. The van der Waals surface area contributed by atoms with Gasteiger partial charge in [0.2, 0.25) is 0 Å². The lowest BCUT2D eigenvalue weighted by molar-refractivity contribution is 0.612. The summed E-state index contributed by atoms with van der Waals surface area (Å²) in [6.45, 7) is 6.76. The van der Waals surface area contributed by atoms with E-state index in [9.17, 15) is 4.39 Å². The first kappa shape index (κ1) is 18.1. The van der Waals surface area contributed by atoms with Gasteiger partial charge in [-0.1, -0.05) is 6.07 Å². The van der Waals surface area contributed by atoms with Crippen molar-refractivity contribution >= 4 is 11.8 Å². The molecule has 1 unspecified atom stereocenters. The van der Waals surface area contributed by atoms with Crippen LogP contribution in [0.4, 0.5) is 10.2 Å². The quantitative estimate of drug-likeness (QED) is 0.635. The third kappa shape index (κ3) is 4.68. The van der Waals surface area contributed by atoms with E-state index in [4.69, 9.17) is 0 Å². The molecule has 0 spiro atoms. The van der Waals surface area contributed by atoms with Gasteiger partial charge in [-0.05, 0) is 44.5 Å². The van der Waals surface area contributed by atoms with Crippen molar-refractivity contribution in [2.45, 2.75) is 32.9 Å². The standard InChI is InChI=1S/C19H25FN6/c1-3-21-19(23-12-15-7-4-6-14(2)24-15)25-16-9-11-26(13-16)18-17(20)8-5-10-22-18/h4-8,10,16H,3,9,11-13H2,1-2H3,(H2,21,23,25). The Morgan fingerprint density at radius 1 is 1.35 bits per heavy atom. The van der Waals surface area contributed by atoms with Gasteiger partial charge in [0.1, 0.15) is 0 Å². The van der Waals surface area contributed by atoms with E-state index >= 15 is 0 Å². The third-order valence-corrected chi connectivity index (χ3v) is 4.26. The second kappa shape index (κ2) is 8.60. The molecule has 1 atom stereocenters. The van der Waals surface area contributed by atoms with Gasteiger partial charge in [0, 0.05) is 37.6 Å². The molecule has 1 fully saturated rings. The van der Waals surface area contributed by atoms with Crippen molar-refractivity contribution in [2.75, 3.05) is 24.5 Å². The summed E-state index contributed by atoms with van der Waals surface area (Å²) in [7, 11) is 0. The van der Waals surface area contributed by atoms with Gasteiger partial charge in [-0.3, -0.25) is 4.98 Å². The maximum absolute atomic E-state index is 13.9. The Bertz CT molecular complexity index is 763. The summed E-state index contributed by atoms with van der Waals surface area (Å²) in [6.07, 6.45) is 2.53. The molecule has 2 N–H and O–H groups in total. The number of halogens is 1. The van der Waals surface area contributed by atoms with Crippen molar-refractivity contribution in [3.8, 4) is 0 Å². The molecular formula is C19H25FN6. The lowest BCUT2D eigenvalue weighted by Gasteiger charge is -2.19. The summed E-state index contributed by atoms with van der Waals surface area (Å²) < 4.78 is 13.9. The lowest BCUT2D eigenvalue weighted by Crippen LogP contribution is -2.44. The number of pyridine rings is 2. The third-order valence-electron chi connectivity index (χ3n) is 4.26. The van der Waals surface area contributed by atoms with E-state index in [0.717, 1.165) is 36.9 Å². The minimum atomic E-state index is -0.278. The molecule has 7 heteroatoms. The van der Waals surface area contributed by atoms with E-state index in [-0.39, 0.29) is 11.9 Å². The van der Waals surface area contributed by atoms with Crippen molar-refractivity contribution in [3.63, 3.8) is 0 Å². The molecule has 0 saturated carbocycles. The van der Waals surface area contributed by atoms with Gasteiger partial charge in [-0.15, -0.1) is 0 Å². The molecule has 3 rings (SSSR count). The van der Waals surface area contributed by atoms with Crippen LogP contribution in [0.15, 0.2) is 41.5 Å². The molecule has 2 aromatic heterocycles. The van der Waals surface area contributed by atoms with Gasteiger partial charge in [0.05, 0.1) is 12.2 Å². The zero-order valence-corrected chi connectivity index (χ0v) is 15.2. The Kier molecular flexibility index (Phi) is 5.99. The number of guanidine groups is 1. The molecule has 1 saturated heterocycles. The van der Waals surface area contributed by atoms with E-state index in [2.05, 4.69) is 25.6 Å². The number of aromatic nitrogens is 2. The smallest absolute Gasteiger partial charge is 0.191 e. The number of rotatable bonds is 5. The van der Waals surface area contributed by atoms with Crippen LogP contribution in [0.5, 0.6) is 0 Å². The summed E-state index contributed by atoms with van der Waals surface area (Å²) in [4.78, 5) is 15.2. The second-order valence-electron chi connectivity index (χ2n) is 6.35. The minimum Gasteiger partial charge on any atom is -0.357 e. The van der Waals surface area contributed by atoms with Gasteiger partial charge < -0.3 is 15.5 Å². The molecular weight excluding hydrogens is 331 g/mol. The van der Waals surface area contributed by atoms with E-state index in [1.807, 2.05) is 36.9 Å². The van der Waals surface area contributed by atoms with E-state index in [0.29, 0.717) is 18.9 Å². The number of nitrogens with zero attached hydrogens (tertiary/aromatic N) is 4. The fraction of sp³-hybridized carbons (Fsp3) is 0.421. The van der Waals surface area contributed by atoms with Gasteiger partial charge in [0.15, 0.2) is 17.6 Å². The van der Waals surface area contributed by atoms with Crippen LogP contribution in [-0.2, 0) is 6.54 Å². The molecule has 0 bridgehead atoms. The average molecular weight is 356 g/mol. The average Bonchev–Trinajstić information content (AvgIpc) is 3.09. The maximum Gasteiger partial charge on any atom is 0.191 e. The van der Waals surface area contributed by atoms with Crippen molar-refractivity contribution in [2.24, 2.45) is 4.99 Å².